The molecule has 2 nitrogen and oxygen atoms in total. The Morgan fingerprint density at radius 2 is 2.06 bits per heavy atom. The minimum atomic E-state index is 0.216. The molecule has 2 heterocycles. The first-order valence-electron chi connectivity index (χ1n) is 5.88. The van der Waals surface area contributed by atoms with Gasteiger partial charge in [-0.25, -0.2) is 0 Å². The van der Waals surface area contributed by atoms with E-state index in [0.717, 1.165) is 10.9 Å². The van der Waals surface area contributed by atoms with E-state index in [0.29, 0.717) is 0 Å². The summed E-state index contributed by atoms with van der Waals surface area (Å²) < 4.78 is 0.812. The minimum absolute atomic E-state index is 0.216. The summed E-state index contributed by atoms with van der Waals surface area (Å²) in [6, 6.07) is 3.96. The van der Waals surface area contributed by atoms with Crippen molar-refractivity contribution in [2.45, 2.75) is 25.2 Å². The average Bonchev–Trinajstić information content (AvgIpc) is 2.74. The lowest BCUT2D eigenvalue weighted by atomic mass is 10.1. The van der Waals surface area contributed by atoms with Gasteiger partial charge in [-0.15, -0.1) is 11.3 Å². The summed E-state index contributed by atoms with van der Waals surface area (Å²) in [5.74, 6) is 0.232. The summed E-state index contributed by atoms with van der Waals surface area (Å²) in [7, 11) is 0. The zero-order valence-corrected chi connectivity index (χ0v) is 10.9. The highest BCUT2D eigenvalue weighted by Gasteiger charge is 2.18. The Hall–Kier alpha value is -0.0900. The van der Waals surface area contributed by atoms with Crippen LogP contribution in [0.25, 0.3) is 0 Å². The van der Waals surface area contributed by atoms with Crippen LogP contribution in [-0.2, 0) is 0 Å². The van der Waals surface area contributed by atoms with Crippen LogP contribution in [0.1, 0.15) is 30.1 Å². The van der Waals surface area contributed by atoms with Crippen molar-refractivity contribution in [2.24, 2.45) is 0 Å². The van der Waals surface area contributed by atoms with Crippen molar-refractivity contribution in [1.29, 1.82) is 0 Å². The predicted molar refractivity (Wildman–Crippen MR) is 69.4 cm³/mol. The summed E-state index contributed by atoms with van der Waals surface area (Å²) in [4.78, 5) is 3.66. The van der Waals surface area contributed by atoms with Gasteiger partial charge in [0, 0.05) is 17.3 Å². The number of likely N-dealkylation sites (tertiary alicyclic amines) is 1. The smallest absolute Gasteiger partial charge is 0.0931 e. The van der Waals surface area contributed by atoms with Crippen molar-refractivity contribution in [2.75, 3.05) is 26.2 Å². The third-order valence-electron chi connectivity index (χ3n) is 3.14. The molecule has 4 heteroatoms. The molecular weight excluding hydrogens is 242 g/mol. The van der Waals surface area contributed by atoms with E-state index in [-0.39, 0.29) is 12.5 Å². The standard InChI is InChI=1S/C12H18ClNOS/c13-12-5-4-11(16-12)10(9-15)8-14-6-2-1-3-7-14/h4-5,10,15H,1-3,6-9H2. The lowest BCUT2D eigenvalue weighted by Gasteiger charge is -2.29. The molecule has 0 spiro atoms. The highest BCUT2D eigenvalue weighted by molar-refractivity contribution is 7.16. The van der Waals surface area contributed by atoms with Gasteiger partial charge in [-0.2, -0.15) is 0 Å². The van der Waals surface area contributed by atoms with Crippen molar-refractivity contribution < 1.29 is 5.11 Å². The number of aliphatic hydroxyl groups is 1. The van der Waals surface area contributed by atoms with Gasteiger partial charge < -0.3 is 10.0 Å². The molecule has 1 aromatic rings. The lowest BCUT2D eigenvalue weighted by Crippen LogP contribution is -2.34. The molecule has 1 atom stereocenters. The molecule has 0 aliphatic carbocycles. The van der Waals surface area contributed by atoms with Crippen molar-refractivity contribution in [3.05, 3.63) is 21.3 Å². The zero-order chi connectivity index (χ0) is 11.4. The Morgan fingerprint density at radius 1 is 1.31 bits per heavy atom. The van der Waals surface area contributed by atoms with E-state index in [1.807, 2.05) is 12.1 Å². The summed E-state index contributed by atoms with van der Waals surface area (Å²) in [6.45, 7) is 3.53. The molecule has 1 aliphatic rings. The number of hydrogen-bond acceptors (Lipinski definition) is 3. The van der Waals surface area contributed by atoms with E-state index in [1.165, 1.54) is 37.2 Å². The Labute approximate surface area is 106 Å². The summed E-state index contributed by atoms with van der Waals surface area (Å²) >= 11 is 7.52. The lowest BCUT2D eigenvalue weighted by molar-refractivity contribution is 0.180. The van der Waals surface area contributed by atoms with Crippen molar-refractivity contribution in [1.82, 2.24) is 4.90 Å². The van der Waals surface area contributed by atoms with Crippen LogP contribution < -0.4 is 0 Å². The van der Waals surface area contributed by atoms with Gasteiger partial charge in [-0.1, -0.05) is 18.0 Å². The Balaban J connectivity index is 1.94. The van der Waals surface area contributed by atoms with E-state index >= 15 is 0 Å². The van der Waals surface area contributed by atoms with E-state index in [2.05, 4.69) is 4.90 Å². The van der Waals surface area contributed by atoms with E-state index in [4.69, 9.17) is 11.6 Å². The molecule has 0 saturated carbocycles. The number of piperidine rings is 1. The van der Waals surface area contributed by atoms with Gasteiger partial charge >= 0.3 is 0 Å². The first-order valence-corrected chi connectivity index (χ1v) is 7.07. The maximum atomic E-state index is 9.46. The maximum Gasteiger partial charge on any atom is 0.0931 e. The normalized spacial score (nSPS) is 19.9. The first kappa shape index (κ1) is 12.4. The van der Waals surface area contributed by atoms with Crippen LogP contribution in [0.2, 0.25) is 4.34 Å². The molecule has 16 heavy (non-hydrogen) atoms. The molecule has 0 aromatic carbocycles. The quantitative estimate of drug-likeness (QED) is 0.899. The van der Waals surface area contributed by atoms with Gasteiger partial charge in [-0.3, -0.25) is 0 Å². The highest BCUT2D eigenvalue weighted by Crippen LogP contribution is 2.29. The molecule has 1 unspecified atom stereocenters. The van der Waals surface area contributed by atoms with Crippen LogP contribution in [0.5, 0.6) is 0 Å². The van der Waals surface area contributed by atoms with E-state index < -0.39 is 0 Å². The van der Waals surface area contributed by atoms with Crippen LogP contribution in [0.15, 0.2) is 12.1 Å². The van der Waals surface area contributed by atoms with Crippen LogP contribution >= 0.6 is 22.9 Å². The second-order valence-electron chi connectivity index (χ2n) is 4.38. The van der Waals surface area contributed by atoms with Gasteiger partial charge in [0.05, 0.1) is 10.9 Å². The molecule has 1 saturated heterocycles. The Kier molecular flexibility index (Phi) is 4.65. The molecule has 2 rings (SSSR count). The maximum absolute atomic E-state index is 9.46. The monoisotopic (exact) mass is 259 g/mol. The Morgan fingerprint density at radius 3 is 2.62 bits per heavy atom. The molecule has 1 aromatic heterocycles. The van der Waals surface area contributed by atoms with Crippen LogP contribution in [0, 0.1) is 0 Å². The zero-order valence-electron chi connectivity index (χ0n) is 9.36. The highest BCUT2D eigenvalue weighted by atomic mass is 35.5. The number of aliphatic hydroxyl groups excluding tert-OH is 1. The largest absolute Gasteiger partial charge is 0.396 e. The fraction of sp³-hybridized carbons (Fsp3) is 0.667. The van der Waals surface area contributed by atoms with Crippen molar-refractivity contribution in [3.63, 3.8) is 0 Å². The van der Waals surface area contributed by atoms with Crippen LogP contribution in [0.3, 0.4) is 0 Å². The van der Waals surface area contributed by atoms with Gasteiger partial charge in [0.1, 0.15) is 0 Å². The number of halogens is 1. The van der Waals surface area contributed by atoms with E-state index in [9.17, 15) is 5.11 Å². The fourth-order valence-corrected chi connectivity index (χ4v) is 3.38. The van der Waals surface area contributed by atoms with Gasteiger partial charge in [0.15, 0.2) is 0 Å². The van der Waals surface area contributed by atoms with Crippen molar-refractivity contribution in [3.8, 4) is 0 Å². The molecule has 0 bridgehead atoms. The minimum Gasteiger partial charge on any atom is -0.396 e. The molecular formula is C12H18ClNOS. The van der Waals surface area contributed by atoms with Gasteiger partial charge in [-0.05, 0) is 38.1 Å². The first-order chi connectivity index (χ1) is 7.79. The van der Waals surface area contributed by atoms with Crippen molar-refractivity contribution >= 4 is 22.9 Å². The summed E-state index contributed by atoms with van der Waals surface area (Å²) in [5, 5.41) is 9.46. The Bertz CT molecular complexity index is 323. The molecule has 0 radical (unpaired) electrons. The van der Waals surface area contributed by atoms with Crippen LogP contribution in [0.4, 0.5) is 0 Å². The number of thiophene rings is 1. The third-order valence-corrected chi connectivity index (χ3v) is 4.54. The van der Waals surface area contributed by atoms with Gasteiger partial charge in [0.25, 0.3) is 0 Å². The fourth-order valence-electron chi connectivity index (χ4n) is 2.24. The molecule has 0 amide bonds. The van der Waals surface area contributed by atoms with Crippen LogP contribution in [-0.4, -0.2) is 36.2 Å². The number of nitrogens with zero attached hydrogens (tertiary/aromatic N) is 1. The van der Waals surface area contributed by atoms with E-state index in [1.54, 1.807) is 11.3 Å². The molecule has 1 fully saturated rings. The summed E-state index contributed by atoms with van der Waals surface area (Å²) in [6.07, 6.45) is 3.94. The molecule has 90 valence electrons. The topological polar surface area (TPSA) is 23.5 Å². The van der Waals surface area contributed by atoms with Gasteiger partial charge in [0.2, 0.25) is 0 Å². The summed E-state index contributed by atoms with van der Waals surface area (Å²) in [5.41, 5.74) is 0. The molecule has 1 N–H and O–H groups in total. The molecule has 1 aliphatic heterocycles. The third kappa shape index (κ3) is 3.20. The second kappa shape index (κ2) is 6.01. The SMILES string of the molecule is OCC(CN1CCCCC1)c1ccc(Cl)s1. The number of rotatable bonds is 4. The predicted octanol–water partition coefficient (Wildman–Crippen LogP) is 2.96. The number of hydrogen-bond donors (Lipinski definition) is 1. The second-order valence-corrected chi connectivity index (χ2v) is 6.13. The average molecular weight is 260 g/mol.